The molecular formula is C16H19N. The molecule has 1 fully saturated rings. The third kappa shape index (κ3) is 2.14. The summed E-state index contributed by atoms with van der Waals surface area (Å²) < 4.78 is 0. The number of nitrogens with one attached hydrogen (secondary N) is 1. The van der Waals surface area contributed by atoms with Crippen LogP contribution in [0.1, 0.15) is 26.2 Å². The Morgan fingerprint density at radius 3 is 2.53 bits per heavy atom. The minimum atomic E-state index is 0.602. The quantitative estimate of drug-likeness (QED) is 0.814. The number of rotatable bonds is 3. The summed E-state index contributed by atoms with van der Waals surface area (Å²) in [6, 6.07) is 15.8. The molecule has 1 nitrogen and oxygen atoms in total. The predicted octanol–water partition coefficient (Wildman–Crippen LogP) is 4.44. The monoisotopic (exact) mass is 225 g/mol. The average Bonchev–Trinajstić information content (AvgIpc) is 2.26. The second-order valence-electron chi connectivity index (χ2n) is 5.19. The van der Waals surface area contributed by atoms with Crippen molar-refractivity contribution in [1.29, 1.82) is 0 Å². The number of hydrogen-bond donors (Lipinski definition) is 1. The summed E-state index contributed by atoms with van der Waals surface area (Å²) in [5.74, 6) is 0.876. The van der Waals surface area contributed by atoms with Gasteiger partial charge in [-0.25, -0.2) is 0 Å². The first-order chi connectivity index (χ1) is 8.33. The van der Waals surface area contributed by atoms with E-state index < -0.39 is 0 Å². The number of fused-ring (bicyclic) bond motifs is 1. The Hall–Kier alpha value is -1.50. The van der Waals surface area contributed by atoms with Gasteiger partial charge in [-0.3, -0.25) is 0 Å². The third-order valence-electron chi connectivity index (χ3n) is 4.00. The minimum Gasteiger partial charge on any atom is -0.382 e. The van der Waals surface area contributed by atoms with Gasteiger partial charge in [-0.1, -0.05) is 36.8 Å². The maximum absolute atomic E-state index is 3.64. The zero-order valence-electron chi connectivity index (χ0n) is 10.3. The van der Waals surface area contributed by atoms with Crippen LogP contribution in [-0.4, -0.2) is 6.04 Å². The molecule has 1 aliphatic rings. The van der Waals surface area contributed by atoms with E-state index in [0.29, 0.717) is 6.04 Å². The van der Waals surface area contributed by atoms with Crippen LogP contribution < -0.4 is 5.32 Å². The minimum absolute atomic E-state index is 0.602. The Kier molecular flexibility index (Phi) is 2.76. The number of benzene rings is 2. The maximum atomic E-state index is 3.64. The molecule has 1 aliphatic carbocycles. The molecule has 1 heteroatoms. The molecule has 1 unspecified atom stereocenters. The molecule has 0 spiro atoms. The third-order valence-corrected chi connectivity index (χ3v) is 4.00. The molecule has 1 saturated carbocycles. The highest BCUT2D eigenvalue weighted by atomic mass is 14.9. The standard InChI is InChI=1S/C16H19N/c1-12(13-7-4-8-13)17-16-10-9-14-5-2-3-6-15(14)11-16/h2-3,5-6,9-13,17H,4,7-8H2,1H3. The molecule has 17 heavy (non-hydrogen) atoms. The highest BCUT2D eigenvalue weighted by Gasteiger charge is 2.23. The van der Waals surface area contributed by atoms with E-state index in [0.717, 1.165) is 5.92 Å². The van der Waals surface area contributed by atoms with Crippen LogP contribution in [0.5, 0.6) is 0 Å². The molecule has 0 bridgehead atoms. The molecule has 88 valence electrons. The van der Waals surface area contributed by atoms with E-state index in [9.17, 15) is 0 Å². The molecule has 0 aromatic heterocycles. The maximum Gasteiger partial charge on any atom is 0.0348 e. The van der Waals surface area contributed by atoms with Crippen LogP contribution in [0.25, 0.3) is 10.8 Å². The summed E-state index contributed by atoms with van der Waals surface area (Å²) >= 11 is 0. The van der Waals surface area contributed by atoms with Gasteiger partial charge in [-0.2, -0.15) is 0 Å². The van der Waals surface area contributed by atoms with E-state index in [1.165, 1.54) is 35.7 Å². The molecule has 2 aromatic carbocycles. The Labute approximate surface area is 103 Å². The second kappa shape index (κ2) is 4.40. The fourth-order valence-corrected chi connectivity index (χ4v) is 2.60. The van der Waals surface area contributed by atoms with Gasteiger partial charge < -0.3 is 5.32 Å². The number of hydrogen-bond acceptors (Lipinski definition) is 1. The van der Waals surface area contributed by atoms with E-state index in [1.807, 2.05) is 0 Å². The highest BCUT2D eigenvalue weighted by molar-refractivity contribution is 5.85. The molecule has 1 atom stereocenters. The normalized spacial score (nSPS) is 17.7. The van der Waals surface area contributed by atoms with Crippen LogP contribution in [0.2, 0.25) is 0 Å². The molecular weight excluding hydrogens is 206 g/mol. The lowest BCUT2D eigenvalue weighted by Gasteiger charge is -2.32. The van der Waals surface area contributed by atoms with Crippen LogP contribution in [0.3, 0.4) is 0 Å². The SMILES string of the molecule is CC(Nc1ccc2ccccc2c1)C1CCC1. The van der Waals surface area contributed by atoms with Crippen LogP contribution in [0.15, 0.2) is 42.5 Å². The Morgan fingerprint density at radius 2 is 1.82 bits per heavy atom. The first kappa shape index (κ1) is 10.6. The lowest BCUT2D eigenvalue weighted by atomic mass is 9.80. The van der Waals surface area contributed by atoms with Gasteiger partial charge in [0.25, 0.3) is 0 Å². The molecule has 1 N–H and O–H groups in total. The first-order valence-corrected chi connectivity index (χ1v) is 6.58. The van der Waals surface area contributed by atoms with Crippen LogP contribution in [0.4, 0.5) is 5.69 Å². The van der Waals surface area contributed by atoms with Gasteiger partial charge in [0.15, 0.2) is 0 Å². The van der Waals surface area contributed by atoms with Crippen molar-refractivity contribution in [1.82, 2.24) is 0 Å². The van der Waals surface area contributed by atoms with Crippen molar-refractivity contribution < 1.29 is 0 Å². The smallest absolute Gasteiger partial charge is 0.0348 e. The van der Waals surface area contributed by atoms with Crippen molar-refractivity contribution in [3.05, 3.63) is 42.5 Å². The van der Waals surface area contributed by atoms with Crippen molar-refractivity contribution in [3.8, 4) is 0 Å². The summed E-state index contributed by atoms with van der Waals surface area (Å²) in [7, 11) is 0. The van der Waals surface area contributed by atoms with Gasteiger partial charge in [-0.05, 0) is 48.6 Å². The Balaban J connectivity index is 1.80. The van der Waals surface area contributed by atoms with E-state index in [1.54, 1.807) is 0 Å². The Bertz CT molecular complexity index is 514. The van der Waals surface area contributed by atoms with Gasteiger partial charge in [0.1, 0.15) is 0 Å². The van der Waals surface area contributed by atoms with E-state index >= 15 is 0 Å². The summed E-state index contributed by atoms with van der Waals surface area (Å²) in [6.07, 6.45) is 4.19. The van der Waals surface area contributed by atoms with Crippen LogP contribution in [0, 0.1) is 5.92 Å². The fraction of sp³-hybridized carbons (Fsp3) is 0.375. The molecule has 0 radical (unpaired) electrons. The number of anilines is 1. The van der Waals surface area contributed by atoms with Crippen molar-refractivity contribution in [2.75, 3.05) is 5.32 Å². The van der Waals surface area contributed by atoms with Gasteiger partial charge in [0.2, 0.25) is 0 Å². The van der Waals surface area contributed by atoms with E-state index in [-0.39, 0.29) is 0 Å². The zero-order valence-corrected chi connectivity index (χ0v) is 10.3. The van der Waals surface area contributed by atoms with Crippen molar-refractivity contribution in [2.24, 2.45) is 5.92 Å². The lowest BCUT2D eigenvalue weighted by Crippen LogP contribution is -2.30. The fourth-order valence-electron chi connectivity index (χ4n) is 2.60. The Morgan fingerprint density at radius 1 is 1.06 bits per heavy atom. The van der Waals surface area contributed by atoms with Gasteiger partial charge in [0, 0.05) is 11.7 Å². The summed E-state index contributed by atoms with van der Waals surface area (Å²) in [5.41, 5.74) is 1.25. The second-order valence-corrected chi connectivity index (χ2v) is 5.19. The van der Waals surface area contributed by atoms with Gasteiger partial charge in [-0.15, -0.1) is 0 Å². The summed E-state index contributed by atoms with van der Waals surface area (Å²) in [6.45, 7) is 2.30. The zero-order chi connectivity index (χ0) is 11.7. The summed E-state index contributed by atoms with van der Waals surface area (Å²) in [4.78, 5) is 0. The van der Waals surface area contributed by atoms with Crippen LogP contribution in [-0.2, 0) is 0 Å². The topological polar surface area (TPSA) is 12.0 Å². The lowest BCUT2D eigenvalue weighted by molar-refractivity contribution is 0.285. The van der Waals surface area contributed by atoms with Crippen molar-refractivity contribution in [2.45, 2.75) is 32.2 Å². The van der Waals surface area contributed by atoms with E-state index in [2.05, 4.69) is 54.7 Å². The van der Waals surface area contributed by atoms with Crippen LogP contribution >= 0.6 is 0 Å². The average molecular weight is 225 g/mol. The van der Waals surface area contributed by atoms with Gasteiger partial charge in [0.05, 0.1) is 0 Å². The molecule has 0 aliphatic heterocycles. The molecule has 0 saturated heterocycles. The van der Waals surface area contributed by atoms with E-state index in [4.69, 9.17) is 0 Å². The largest absolute Gasteiger partial charge is 0.382 e. The predicted molar refractivity (Wildman–Crippen MR) is 74.4 cm³/mol. The van der Waals surface area contributed by atoms with Crippen molar-refractivity contribution >= 4 is 16.5 Å². The molecule has 3 rings (SSSR count). The molecule has 0 heterocycles. The first-order valence-electron chi connectivity index (χ1n) is 6.58. The highest BCUT2D eigenvalue weighted by Crippen LogP contribution is 2.31. The molecule has 0 amide bonds. The molecule has 2 aromatic rings. The van der Waals surface area contributed by atoms with Gasteiger partial charge >= 0.3 is 0 Å². The van der Waals surface area contributed by atoms with Crippen molar-refractivity contribution in [3.63, 3.8) is 0 Å². The summed E-state index contributed by atoms with van der Waals surface area (Å²) in [5, 5.41) is 6.27.